The van der Waals surface area contributed by atoms with Crippen LogP contribution < -0.4 is 10.1 Å². The van der Waals surface area contributed by atoms with E-state index in [9.17, 15) is 4.79 Å². The zero-order valence-corrected chi connectivity index (χ0v) is 19.4. The van der Waals surface area contributed by atoms with Gasteiger partial charge >= 0.3 is 0 Å². The van der Waals surface area contributed by atoms with Gasteiger partial charge in [0.1, 0.15) is 11.5 Å². The van der Waals surface area contributed by atoms with Gasteiger partial charge in [0, 0.05) is 50.4 Å². The summed E-state index contributed by atoms with van der Waals surface area (Å²) in [4.78, 5) is 13.7. The van der Waals surface area contributed by atoms with Gasteiger partial charge in [-0.2, -0.15) is 10.2 Å². The van der Waals surface area contributed by atoms with Crippen LogP contribution in [0.2, 0.25) is 0 Å². The first kappa shape index (κ1) is 22.2. The first-order valence-corrected chi connectivity index (χ1v) is 11.9. The lowest BCUT2D eigenvalue weighted by atomic mass is 10.0. The number of amides is 1. The molecule has 1 aliphatic heterocycles. The van der Waals surface area contributed by atoms with Crippen molar-refractivity contribution >= 4 is 16.8 Å². The summed E-state index contributed by atoms with van der Waals surface area (Å²) in [7, 11) is 0. The van der Waals surface area contributed by atoms with E-state index in [0.717, 1.165) is 79.1 Å². The number of aromatic amines is 1. The molecule has 2 aromatic heterocycles. The SMILES string of the molecule is CC(=O)NC1CCN(CCCn2cc3cc(Oc4ccc(-c5ccn[nH]5)cc4)ccc3n2)CC1. The summed E-state index contributed by atoms with van der Waals surface area (Å²) < 4.78 is 8.09. The number of fused-ring (bicyclic) bond motifs is 1. The fourth-order valence-electron chi connectivity index (χ4n) is 4.53. The van der Waals surface area contributed by atoms with E-state index in [1.807, 2.05) is 53.2 Å². The van der Waals surface area contributed by atoms with Gasteiger partial charge in [-0.15, -0.1) is 0 Å². The van der Waals surface area contributed by atoms with Crippen molar-refractivity contribution in [3.63, 3.8) is 0 Å². The maximum Gasteiger partial charge on any atom is 0.217 e. The van der Waals surface area contributed by atoms with E-state index < -0.39 is 0 Å². The van der Waals surface area contributed by atoms with Gasteiger partial charge in [-0.1, -0.05) is 0 Å². The molecule has 2 N–H and O–H groups in total. The Labute approximate surface area is 198 Å². The molecule has 1 saturated heterocycles. The largest absolute Gasteiger partial charge is 0.457 e. The van der Waals surface area contributed by atoms with Gasteiger partial charge < -0.3 is 15.0 Å². The average Bonchev–Trinajstić information content (AvgIpc) is 3.50. The van der Waals surface area contributed by atoms with Gasteiger partial charge in [0.15, 0.2) is 0 Å². The van der Waals surface area contributed by atoms with Gasteiger partial charge in [-0.3, -0.25) is 14.6 Å². The number of nitrogens with zero attached hydrogens (tertiary/aromatic N) is 4. The van der Waals surface area contributed by atoms with Crippen LogP contribution in [0.25, 0.3) is 22.2 Å². The minimum absolute atomic E-state index is 0.0703. The Morgan fingerprint density at radius 1 is 1.09 bits per heavy atom. The molecule has 3 heterocycles. The van der Waals surface area contributed by atoms with Crippen LogP contribution in [-0.4, -0.2) is 56.5 Å². The second kappa shape index (κ2) is 10.1. The summed E-state index contributed by atoms with van der Waals surface area (Å²) in [6, 6.07) is 16.2. The van der Waals surface area contributed by atoms with Crippen molar-refractivity contribution < 1.29 is 9.53 Å². The highest BCUT2D eigenvalue weighted by Crippen LogP contribution is 2.27. The smallest absolute Gasteiger partial charge is 0.217 e. The summed E-state index contributed by atoms with van der Waals surface area (Å²) >= 11 is 0. The molecule has 0 radical (unpaired) electrons. The summed E-state index contributed by atoms with van der Waals surface area (Å²) in [5, 5.41) is 15.8. The number of aromatic nitrogens is 4. The Hall–Kier alpha value is -3.65. The molecular weight excluding hydrogens is 428 g/mol. The van der Waals surface area contributed by atoms with Gasteiger partial charge in [-0.25, -0.2) is 0 Å². The lowest BCUT2D eigenvalue weighted by molar-refractivity contribution is -0.119. The number of ether oxygens (including phenoxy) is 1. The molecule has 176 valence electrons. The second-order valence-corrected chi connectivity index (χ2v) is 8.88. The number of hydrogen-bond donors (Lipinski definition) is 2. The number of piperidine rings is 1. The molecule has 0 saturated carbocycles. The van der Waals surface area contributed by atoms with Gasteiger partial charge in [0.2, 0.25) is 5.91 Å². The van der Waals surface area contributed by atoms with Crippen LogP contribution in [0.3, 0.4) is 0 Å². The Balaban J connectivity index is 1.13. The topological polar surface area (TPSA) is 88.1 Å². The van der Waals surface area contributed by atoms with E-state index in [1.54, 1.807) is 13.1 Å². The molecule has 5 rings (SSSR count). The van der Waals surface area contributed by atoms with Crippen LogP contribution in [-0.2, 0) is 11.3 Å². The van der Waals surface area contributed by atoms with E-state index in [0.29, 0.717) is 6.04 Å². The summed E-state index contributed by atoms with van der Waals surface area (Å²) in [6.45, 7) is 5.60. The normalized spacial score (nSPS) is 15.0. The van der Waals surface area contributed by atoms with Crippen LogP contribution in [0.4, 0.5) is 0 Å². The molecule has 0 bridgehead atoms. The molecule has 34 heavy (non-hydrogen) atoms. The lowest BCUT2D eigenvalue weighted by Gasteiger charge is -2.32. The first-order chi connectivity index (χ1) is 16.6. The first-order valence-electron chi connectivity index (χ1n) is 11.9. The van der Waals surface area contributed by atoms with Gasteiger partial charge in [-0.05, 0) is 79.9 Å². The lowest BCUT2D eigenvalue weighted by Crippen LogP contribution is -2.44. The van der Waals surface area contributed by atoms with Crippen LogP contribution in [0.5, 0.6) is 11.5 Å². The van der Waals surface area contributed by atoms with Crippen LogP contribution in [0, 0.1) is 0 Å². The summed E-state index contributed by atoms with van der Waals surface area (Å²) in [5.41, 5.74) is 3.02. The van der Waals surface area contributed by atoms with Crippen molar-refractivity contribution in [2.24, 2.45) is 0 Å². The molecule has 0 unspecified atom stereocenters. The van der Waals surface area contributed by atoms with Crippen LogP contribution >= 0.6 is 0 Å². The zero-order valence-electron chi connectivity index (χ0n) is 19.4. The number of rotatable bonds is 8. The number of carbonyl (C=O) groups excluding carboxylic acids is 1. The third kappa shape index (κ3) is 5.46. The van der Waals surface area contributed by atoms with Crippen molar-refractivity contribution in [1.82, 2.24) is 30.2 Å². The van der Waals surface area contributed by atoms with E-state index in [-0.39, 0.29) is 5.91 Å². The molecule has 2 aromatic carbocycles. The minimum atomic E-state index is 0.0703. The number of hydrogen-bond acceptors (Lipinski definition) is 5. The molecule has 1 aliphatic rings. The fraction of sp³-hybridized carbons (Fsp3) is 0.346. The predicted molar refractivity (Wildman–Crippen MR) is 132 cm³/mol. The third-order valence-corrected chi connectivity index (χ3v) is 6.28. The Morgan fingerprint density at radius 2 is 1.88 bits per heavy atom. The molecular formula is C26H30N6O2. The average molecular weight is 459 g/mol. The number of benzene rings is 2. The standard InChI is InChI=1S/C26H30N6O2/c1-19(33)28-22-10-15-31(16-11-22)13-2-14-32-18-21-17-24(7-8-26(21)30-32)34-23-5-3-20(4-6-23)25-9-12-27-29-25/h3-9,12,17-18,22H,2,10-11,13-16H2,1H3,(H,27,29)(H,28,33). The van der Waals surface area contributed by atoms with E-state index >= 15 is 0 Å². The van der Waals surface area contributed by atoms with Crippen molar-refractivity contribution in [2.45, 2.75) is 38.8 Å². The van der Waals surface area contributed by atoms with Crippen LogP contribution in [0.1, 0.15) is 26.2 Å². The maximum absolute atomic E-state index is 11.2. The Kier molecular flexibility index (Phi) is 6.58. The Bertz CT molecular complexity index is 1220. The predicted octanol–water partition coefficient (Wildman–Crippen LogP) is 4.21. The molecule has 0 atom stereocenters. The van der Waals surface area contributed by atoms with Crippen molar-refractivity contribution in [1.29, 1.82) is 0 Å². The fourth-order valence-corrected chi connectivity index (χ4v) is 4.53. The van der Waals surface area contributed by atoms with Crippen LogP contribution in [0.15, 0.2) is 60.9 Å². The second-order valence-electron chi connectivity index (χ2n) is 8.88. The van der Waals surface area contributed by atoms with Gasteiger partial charge in [0.05, 0.1) is 11.2 Å². The highest BCUT2D eigenvalue weighted by Gasteiger charge is 2.19. The third-order valence-electron chi connectivity index (χ3n) is 6.28. The van der Waals surface area contributed by atoms with E-state index in [1.165, 1.54) is 0 Å². The molecule has 4 aromatic rings. The minimum Gasteiger partial charge on any atom is -0.457 e. The highest BCUT2D eigenvalue weighted by molar-refractivity contribution is 5.79. The van der Waals surface area contributed by atoms with Gasteiger partial charge in [0.25, 0.3) is 0 Å². The maximum atomic E-state index is 11.2. The molecule has 0 spiro atoms. The van der Waals surface area contributed by atoms with Crippen molar-refractivity contribution in [3.8, 4) is 22.8 Å². The molecule has 8 nitrogen and oxygen atoms in total. The van der Waals surface area contributed by atoms with E-state index in [4.69, 9.17) is 9.84 Å². The summed E-state index contributed by atoms with van der Waals surface area (Å²) in [5.74, 6) is 1.65. The van der Waals surface area contributed by atoms with Crippen molar-refractivity contribution in [3.05, 3.63) is 60.9 Å². The number of nitrogens with one attached hydrogen (secondary N) is 2. The monoisotopic (exact) mass is 458 g/mol. The highest BCUT2D eigenvalue weighted by atomic mass is 16.5. The number of H-pyrrole nitrogens is 1. The summed E-state index contributed by atoms with van der Waals surface area (Å²) in [6.07, 6.45) is 6.93. The number of likely N-dealkylation sites (tertiary alicyclic amines) is 1. The number of carbonyl (C=O) groups is 1. The molecule has 1 fully saturated rings. The Morgan fingerprint density at radius 3 is 2.62 bits per heavy atom. The van der Waals surface area contributed by atoms with E-state index in [2.05, 4.69) is 26.6 Å². The quantitative estimate of drug-likeness (QED) is 0.413. The van der Waals surface area contributed by atoms with Crippen molar-refractivity contribution in [2.75, 3.05) is 19.6 Å². The molecule has 0 aliphatic carbocycles. The molecule has 1 amide bonds. The molecule has 8 heteroatoms. The zero-order chi connectivity index (χ0) is 23.3. The number of aryl methyl sites for hydroxylation is 1.